The van der Waals surface area contributed by atoms with Crippen LogP contribution in [-0.4, -0.2) is 45.7 Å². The molecule has 3 rings (SSSR count). The van der Waals surface area contributed by atoms with Crippen molar-refractivity contribution in [3.05, 3.63) is 24.2 Å². The molecule has 5 nitrogen and oxygen atoms in total. The summed E-state index contributed by atoms with van der Waals surface area (Å²) in [5.41, 5.74) is 0.891. The second kappa shape index (κ2) is 6.02. The lowest BCUT2D eigenvalue weighted by Crippen LogP contribution is -2.40. The Hall–Kier alpha value is -1.62. The molecular weight excluding hydrogens is 264 g/mol. The SMILES string of the molecule is COc1ccc2nnc(CC3CCCN(C(C)C)C3)n2c1. The molecular formula is C16H24N4O. The molecule has 1 unspecified atom stereocenters. The zero-order valence-corrected chi connectivity index (χ0v) is 13.1. The third-order valence-corrected chi connectivity index (χ3v) is 4.43. The lowest BCUT2D eigenvalue weighted by molar-refractivity contribution is 0.138. The van der Waals surface area contributed by atoms with Gasteiger partial charge in [0.1, 0.15) is 11.6 Å². The molecule has 0 bridgehead atoms. The Bertz CT molecular complexity index is 607. The van der Waals surface area contributed by atoms with E-state index in [2.05, 4.69) is 33.3 Å². The predicted molar refractivity (Wildman–Crippen MR) is 82.7 cm³/mol. The lowest BCUT2D eigenvalue weighted by atomic mass is 9.93. The normalized spacial score (nSPS) is 20.3. The van der Waals surface area contributed by atoms with Crippen molar-refractivity contribution in [3.63, 3.8) is 0 Å². The quantitative estimate of drug-likeness (QED) is 0.866. The monoisotopic (exact) mass is 288 g/mol. The van der Waals surface area contributed by atoms with Crippen LogP contribution in [0.1, 0.15) is 32.5 Å². The summed E-state index contributed by atoms with van der Waals surface area (Å²) in [6.45, 7) is 6.94. The number of ether oxygens (including phenoxy) is 1. The zero-order valence-electron chi connectivity index (χ0n) is 13.1. The number of nitrogens with zero attached hydrogens (tertiary/aromatic N) is 4. The summed E-state index contributed by atoms with van der Waals surface area (Å²) >= 11 is 0. The van der Waals surface area contributed by atoms with E-state index in [0.717, 1.165) is 30.2 Å². The highest BCUT2D eigenvalue weighted by molar-refractivity contribution is 5.41. The maximum atomic E-state index is 5.30. The fraction of sp³-hybridized carbons (Fsp3) is 0.625. The van der Waals surface area contributed by atoms with Crippen LogP contribution in [0.5, 0.6) is 5.75 Å². The zero-order chi connectivity index (χ0) is 14.8. The minimum absolute atomic E-state index is 0.628. The molecule has 2 aromatic heterocycles. The molecule has 1 saturated heterocycles. The number of aromatic nitrogens is 3. The molecule has 0 saturated carbocycles. The summed E-state index contributed by atoms with van der Waals surface area (Å²) in [7, 11) is 1.69. The van der Waals surface area contributed by atoms with Gasteiger partial charge in [-0.25, -0.2) is 0 Å². The Morgan fingerprint density at radius 1 is 1.33 bits per heavy atom. The summed E-state index contributed by atoms with van der Waals surface area (Å²) in [6, 6.07) is 4.51. The second-order valence-electron chi connectivity index (χ2n) is 6.21. The van der Waals surface area contributed by atoms with E-state index in [1.54, 1.807) is 7.11 Å². The Labute approximate surface area is 125 Å². The number of fused-ring (bicyclic) bond motifs is 1. The van der Waals surface area contributed by atoms with E-state index < -0.39 is 0 Å². The van der Waals surface area contributed by atoms with Gasteiger partial charge in [0.05, 0.1) is 13.3 Å². The van der Waals surface area contributed by atoms with E-state index in [0.29, 0.717) is 12.0 Å². The number of likely N-dealkylation sites (tertiary alicyclic amines) is 1. The van der Waals surface area contributed by atoms with Crippen molar-refractivity contribution in [1.29, 1.82) is 0 Å². The molecule has 0 N–H and O–H groups in total. The van der Waals surface area contributed by atoms with Crippen molar-refractivity contribution in [1.82, 2.24) is 19.5 Å². The van der Waals surface area contributed by atoms with Crippen LogP contribution < -0.4 is 4.74 Å². The summed E-state index contributed by atoms with van der Waals surface area (Å²) in [5, 5.41) is 8.63. The average molecular weight is 288 g/mol. The first-order chi connectivity index (χ1) is 10.2. The van der Waals surface area contributed by atoms with Crippen LogP contribution in [0.4, 0.5) is 0 Å². The topological polar surface area (TPSA) is 42.7 Å². The smallest absolute Gasteiger partial charge is 0.161 e. The molecule has 0 aromatic carbocycles. The van der Waals surface area contributed by atoms with Crippen LogP contribution in [0.2, 0.25) is 0 Å². The number of hydrogen-bond donors (Lipinski definition) is 0. The summed E-state index contributed by atoms with van der Waals surface area (Å²) in [4.78, 5) is 2.57. The van der Waals surface area contributed by atoms with Crippen LogP contribution in [0, 0.1) is 5.92 Å². The van der Waals surface area contributed by atoms with Gasteiger partial charge in [0.15, 0.2) is 5.65 Å². The number of piperidine rings is 1. The van der Waals surface area contributed by atoms with Gasteiger partial charge in [0, 0.05) is 19.0 Å². The molecule has 2 aromatic rings. The highest BCUT2D eigenvalue weighted by Gasteiger charge is 2.23. The first-order valence-electron chi connectivity index (χ1n) is 7.79. The molecule has 0 spiro atoms. The first kappa shape index (κ1) is 14.3. The maximum Gasteiger partial charge on any atom is 0.161 e. The molecule has 5 heteroatoms. The van der Waals surface area contributed by atoms with Crippen molar-refractivity contribution < 1.29 is 4.74 Å². The van der Waals surface area contributed by atoms with Gasteiger partial charge in [-0.3, -0.25) is 4.40 Å². The number of methoxy groups -OCH3 is 1. The fourth-order valence-corrected chi connectivity index (χ4v) is 3.17. The van der Waals surface area contributed by atoms with Crippen molar-refractivity contribution in [2.75, 3.05) is 20.2 Å². The average Bonchev–Trinajstić information content (AvgIpc) is 2.89. The first-order valence-corrected chi connectivity index (χ1v) is 7.79. The van der Waals surface area contributed by atoms with Gasteiger partial charge >= 0.3 is 0 Å². The Balaban J connectivity index is 1.78. The van der Waals surface area contributed by atoms with E-state index in [1.165, 1.54) is 19.4 Å². The minimum atomic E-state index is 0.628. The highest BCUT2D eigenvalue weighted by Crippen LogP contribution is 2.22. The molecule has 1 atom stereocenters. The Morgan fingerprint density at radius 3 is 2.95 bits per heavy atom. The van der Waals surface area contributed by atoms with Gasteiger partial charge in [0.2, 0.25) is 0 Å². The van der Waals surface area contributed by atoms with Crippen LogP contribution in [0.15, 0.2) is 18.3 Å². The third kappa shape index (κ3) is 3.02. The van der Waals surface area contributed by atoms with Crippen LogP contribution in [-0.2, 0) is 6.42 Å². The minimum Gasteiger partial charge on any atom is -0.495 e. The summed E-state index contributed by atoms with van der Waals surface area (Å²) < 4.78 is 7.36. The van der Waals surface area contributed by atoms with Gasteiger partial charge in [0.25, 0.3) is 0 Å². The molecule has 1 fully saturated rings. The van der Waals surface area contributed by atoms with Crippen molar-refractivity contribution in [2.24, 2.45) is 5.92 Å². The van der Waals surface area contributed by atoms with Crippen molar-refractivity contribution >= 4 is 5.65 Å². The van der Waals surface area contributed by atoms with Gasteiger partial charge in [-0.05, 0) is 51.3 Å². The Kier molecular flexibility index (Phi) is 4.10. The molecule has 0 aliphatic carbocycles. The van der Waals surface area contributed by atoms with Crippen molar-refractivity contribution in [3.8, 4) is 5.75 Å². The van der Waals surface area contributed by atoms with E-state index in [1.807, 2.05) is 18.3 Å². The van der Waals surface area contributed by atoms with E-state index in [4.69, 9.17) is 4.74 Å². The second-order valence-corrected chi connectivity index (χ2v) is 6.21. The highest BCUT2D eigenvalue weighted by atomic mass is 16.5. The molecule has 0 amide bonds. The largest absolute Gasteiger partial charge is 0.495 e. The molecule has 21 heavy (non-hydrogen) atoms. The molecule has 114 valence electrons. The van der Waals surface area contributed by atoms with Gasteiger partial charge in [-0.2, -0.15) is 0 Å². The molecule has 3 heterocycles. The van der Waals surface area contributed by atoms with E-state index in [-0.39, 0.29) is 0 Å². The predicted octanol–water partition coefficient (Wildman–Crippen LogP) is 2.40. The number of rotatable bonds is 4. The standard InChI is InChI=1S/C16H24N4O/c1-12(2)19-8-4-5-13(10-19)9-16-18-17-15-7-6-14(21-3)11-20(15)16/h6-7,11-13H,4-5,8-10H2,1-3H3. The lowest BCUT2D eigenvalue weighted by Gasteiger charge is -2.35. The number of pyridine rings is 1. The van der Waals surface area contributed by atoms with Crippen LogP contribution in [0.25, 0.3) is 5.65 Å². The van der Waals surface area contributed by atoms with Crippen LogP contribution >= 0.6 is 0 Å². The molecule has 1 aliphatic rings. The van der Waals surface area contributed by atoms with Crippen LogP contribution in [0.3, 0.4) is 0 Å². The van der Waals surface area contributed by atoms with Crippen molar-refractivity contribution in [2.45, 2.75) is 39.2 Å². The number of hydrogen-bond acceptors (Lipinski definition) is 4. The van der Waals surface area contributed by atoms with Gasteiger partial charge < -0.3 is 9.64 Å². The maximum absolute atomic E-state index is 5.30. The third-order valence-electron chi connectivity index (χ3n) is 4.43. The molecule has 0 radical (unpaired) electrons. The fourth-order valence-electron chi connectivity index (χ4n) is 3.17. The summed E-state index contributed by atoms with van der Waals surface area (Å²) in [5.74, 6) is 2.55. The van der Waals surface area contributed by atoms with Gasteiger partial charge in [-0.1, -0.05) is 0 Å². The van der Waals surface area contributed by atoms with E-state index in [9.17, 15) is 0 Å². The molecule has 1 aliphatic heterocycles. The Morgan fingerprint density at radius 2 is 2.19 bits per heavy atom. The van der Waals surface area contributed by atoms with E-state index >= 15 is 0 Å². The van der Waals surface area contributed by atoms with Gasteiger partial charge in [-0.15, -0.1) is 10.2 Å². The summed E-state index contributed by atoms with van der Waals surface area (Å²) in [6.07, 6.45) is 5.52.